The SMILES string of the molecule is CCN(CC(=O)OC)C(=O)CCCc1cccs1. The molecule has 0 saturated carbocycles. The Labute approximate surface area is 112 Å². The third kappa shape index (κ3) is 4.87. The number of thiophene rings is 1. The first-order chi connectivity index (χ1) is 8.67. The monoisotopic (exact) mass is 269 g/mol. The summed E-state index contributed by atoms with van der Waals surface area (Å²) in [6, 6.07) is 4.08. The molecule has 0 radical (unpaired) electrons. The van der Waals surface area contributed by atoms with Crippen molar-refractivity contribution in [3.63, 3.8) is 0 Å². The summed E-state index contributed by atoms with van der Waals surface area (Å²) in [7, 11) is 1.33. The molecule has 18 heavy (non-hydrogen) atoms. The Kier molecular flexibility index (Phi) is 6.43. The molecule has 1 heterocycles. The molecule has 0 aliphatic rings. The van der Waals surface area contributed by atoms with E-state index in [1.165, 1.54) is 16.9 Å². The van der Waals surface area contributed by atoms with E-state index in [9.17, 15) is 9.59 Å². The summed E-state index contributed by atoms with van der Waals surface area (Å²) in [4.78, 5) is 25.8. The van der Waals surface area contributed by atoms with Crippen LogP contribution in [0.5, 0.6) is 0 Å². The third-order valence-electron chi connectivity index (χ3n) is 2.68. The molecule has 0 aromatic carbocycles. The van der Waals surface area contributed by atoms with Gasteiger partial charge in [0, 0.05) is 17.8 Å². The van der Waals surface area contributed by atoms with Crippen LogP contribution in [0.25, 0.3) is 0 Å². The molecule has 1 aromatic rings. The van der Waals surface area contributed by atoms with E-state index in [0.717, 1.165) is 12.8 Å². The van der Waals surface area contributed by atoms with Crippen molar-refractivity contribution in [2.45, 2.75) is 26.2 Å². The average molecular weight is 269 g/mol. The molecule has 0 spiro atoms. The molecule has 0 atom stereocenters. The molecule has 1 aromatic heterocycles. The zero-order valence-corrected chi connectivity index (χ0v) is 11.7. The van der Waals surface area contributed by atoms with E-state index >= 15 is 0 Å². The second-order valence-electron chi connectivity index (χ2n) is 3.92. The molecule has 0 bridgehead atoms. The molecule has 0 unspecified atom stereocenters. The quantitative estimate of drug-likeness (QED) is 0.712. The van der Waals surface area contributed by atoms with Gasteiger partial charge in [0.1, 0.15) is 6.54 Å². The van der Waals surface area contributed by atoms with Gasteiger partial charge in [0.05, 0.1) is 7.11 Å². The van der Waals surface area contributed by atoms with Crippen LogP contribution in [-0.2, 0) is 20.7 Å². The van der Waals surface area contributed by atoms with E-state index < -0.39 is 0 Å². The highest BCUT2D eigenvalue weighted by molar-refractivity contribution is 7.09. The number of esters is 1. The Morgan fingerprint density at radius 3 is 2.78 bits per heavy atom. The fourth-order valence-corrected chi connectivity index (χ4v) is 2.37. The second-order valence-corrected chi connectivity index (χ2v) is 4.95. The topological polar surface area (TPSA) is 46.6 Å². The minimum atomic E-state index is -0.372. The van der Waals surface area contributed by atoms with Gasteiger partial charge in [-0.25, -0.2) is 0 Å². The van der Waals surface area contributed by atoms with Crippen molar-refractivity contribution in [2.24, 2.45) is 0 Å². The van der Waals surface area contributed by atoms with Gasteiger partial charge in [-0.15, -0.1) is 11.3 Å². The van der Waals surface area contributed by atoms with Crippen LogP contribution in [0.3, 0.4) is 0 Å². The number of ether oxygens (including phenoxy) is 1. The van der Waals surface area contributed by atoms with E-state index in [0.29, 0.717) is 13.0 Å². The summed E-state index contributed by atoms with van der Waals surface area (Å²) in [5.41, 5.74) is 0. The van der Waals surface area contributed by atoms with Gasteiger partial charge in [-0.2, -0.15) is 0 Å². The molecule has 1 amide bonds. The van der Waals surface area contributed by atoms with Gasteiger partial charge in [0.15, 0.2) is 0 Å². The number of carbonyl (C=O) groups excluding carboxylic acids is 2. The number of aryl methyl sites for hydroxylation is 1. The lowest BCUT2D eigenvalue weighted by molar-refractivity contribution is -0.146. The maximum absolute atomic E-state index is 11.9. The number of amides is 1. The third-order valence-corrected chi connectivity index (χ3v) is 3.61. The van der Waals surface area contributed by atoms with Crippen molar-refractivity contribution in [1.82, 2.24) is 4.90 Å². The van der Waals surface area contributed by atoms with Gasteiger partial charge in [0.2, 0.25) is 5.91 Å². The molecule has 0 aliphatic heterocycles. The van der Waals surface area contributed by atoms with Crippen molar-refractivity contribution in [3.05, 3.63) is 22.4 Å². The lowest BCUT2D eigenvalue weighted by Crippen LogP contribution is -2.35. The molecule has 4 nitrogen and oxygen atoms in total. The first-order valence-electron chi connectivity index (χ1n) is 6.04. The number of carbonyl (C=O) groups is 2. The summed E-state index contributed by atoms with van der Waals surface area (Å²) in [6.07, 6.45) is 2.21. The van der Waals surface area contributed by atoms with Gasteiger partial charge >= 0.3 is 5.97 Å². The van der Waals surface area contributed by atoms with Gasteiger partial charge in [-0.1, -0.05) is 6.07 Å². The van der Waals surface area contributed by atoms with Crippen LogP contribution in [0, 0.1) is 0 Å². The predicted octanol–water partition coefficient (Wildman–Crippen LogP) is 2.09. The Hall–Kier alpha value is -1.36. The Balaban J connectivity index is 2.31. The number of rotatable bonds is 7. The minimum absolute atomic E-state index is 0.0134. The van der Waals surface area contributed by atoms with Crippen molar-refractivity contribution in [1.29, 1.82) is 0 Å². The number of methoxy groups -OCH3 is 1. The first-order valence-corrected chi connectivity index (χ1v) is 6.92. The molecule has 0 fully saturated rings. The number of hydrogen-bond donors (Lipinski definition) is 0. The summed E-state index contributed by atoms with van der Waals surface area (Å²) in [5.74, 6) is -0.358. The molecular weight excluding hydrogens is 250 g/mol. The zero-order chi connectivity index (χ0) is 13.4. The highest BCUT2D eigenvalue weighted by Crippen LogP contribution is 2.12. The maximum atomic E-state index is 11.9. The van der Waals surface area contributed by atoms with Crippen molar-refractivity contribution in [3.8, 4) is 0 Å². The summed E-state index contributed by atoms with van der Waals surface area (Å²) in [5, 5.41) is 2.03. The van der Waals surface area contributed by atoms with Crippen LogP contribution in [0.15, 0.2) is 17.5 Å². The highest BCUT2D eigenvalue weighted by atomic mass is 32.1. The van der Waals surface area contributed by atoms with Crippen LogP contribution in [0.4, 0.5) is 0 Å². The summed E-state index contributed by atoms with van der Waals surface area (Å²) >= 11 is 1.70. The highest BCUT2D eigenvalue weighted by Gasteiger charge is 2.15. The molecule has 5 heteroatoms. The van der Waals surface area contributed by atoms with Crippen molar-refractivity contribution < 1.29 is 14.3 Å². The Morgan fingerprint density at radius 2 is 2.22 bits per heavy atom. The Morgan fingerprint density at radius 1 is 1.44 bits per heavy atom. The fraction of sp³-hybridized carbons (Fsp3) is 0.538. The molecule has 0 saturated heterocycles. The van der Waals surface area contributed by atoms with Crippen LogP contribution in [0.1, 0.15) is 24.6 Å². The van der Waals surface area contributed by atoms with Gasteiger partial charge < -0.3 is 9.64 Å². The van der Waals surface area contributed by atoms with Crippen molar-refractivity contribution in [2.75, 3.05) is 20.2 Å². The van der Waals surface area contributed by atoms with E-state index in [4.69, 9.17) is 0 Å². The molecule has 0 N–H and O–H groups in total. The number of nitrogens with zero attached hydrogens (tertiary/aromatic N) is 1. The number of likely N-dealkylation sites (N-methyl/N-ethyl adjacent to an activating group) is 1. The Bertz CT molecular complexity index is 376. The zero-order valence-electron chi connectivity index (χ0n) is 10.8. The largest absolute Gasteiger partial charge is 0.468 e. The van der Waals surface area contributed by atoms with Gasteiger partial charge in [-0.05, 0) is 31.2 Å². The smallest absolute Gasteiger partial charge is 0.325 e. The normalized spacial score (nSPS) is 10.1. The van der Waals surface area contributed by atoms with Gasteiger partial charge in [-0.3, -0.25) is 9.59 Å². The molecule has 100 valence electrons. The fourth-order valence-electron chi connectivity index (χ4n) is 1.62. The van der Waals surface area contributed by atoms with E-state index in [1.54, 1.807) is 11.3 Å². The van der Waals surface area contributed by atoms with E-state index in [1.807, 2.05) is 18.4 Å². The van der Waals surface area contributed by atoms with Gasteiger partial charge in [0.25, 0.3) is 0 Å². The van der Waals surface area contributed by atoms with E-state index in [2.05, 4.69) is 10.8 Å². The van der Waals surface area contributed by atoms with Crippen LogP contribution >= 0.6 is 11.3 Å². The molecule has 0 aliphatic carbocycles. The summed E-state index contributed by atoms with van der Waals surface area (Å²) in [6.45, 7) is 2.44. The van der Waals surface area contributed by atoms with Crippen LogP contribution < -0.4 is 0 Å². The second kappa shape index (κ2) is 7.87. The molecule has 1 rings (SSSR count). The standard InChI is InChI=1S/C13H19NO3S/c1-3-14(10-13(16)17-2)12(15)8-4-6-11-7-5-9-18-11/h5,7,9H,3-4,6,8,10H2,1-2H3. The number of hydrogen-bond acceptors (Lipinski definition) is 4. The van der Waals surface area contributed by atoms with Crippen LogP contribution in [0.2, 0.25) is 0 Å². The first kappa shape index (κ1) is 14.7. The van der Waals surface area contributed by atoms with Crippen molar-refractivity contribution >= 4 is 23.2 Å². The maximum Gasteiger partial charge on any atom is 0.325 e. The predicted molar refractivity (Wildman–Crippen MR) is 71.5 cm³/mol. The average Bonchev–Trinajstić information content (AvgIpc) is 2.88. The molecular formula is C13H19NO3S. The van der Waals surface area contributed by atoms with Crippen LogP contribution in [-0.4, -0.2) is 37.0 Å². The lowest BCUT2D eigenvalue weighted by atomic mass is 10.2. The van der Waals surface area contributed by atoms with E-state index in [-0.39, 0.29) is 18.4 Å². The summed E-state index contributed by atoms with van der Waals surface area (Å²) < 4.78 is 4.56. The lowest BCUT2D eigenvalue weighted by Gasteiger charge is -2.19. The minimum Gasteiger partial charge on any atom is -0.468 e.